The molecule has 1 heterocycles. The highest BCUT2D eigenvalue weighted by Gasteiger charge is 2.25. The van der Waals surface area contributed by atoms with Crippen molar-refractivity contribution >= 4 is 11.3 Å². The summed E-state index contributed by atoms with van der Waals surface area (Å²) in [5.74, 6) is 1.64. The van der Waals surface area contributed by atoms with Gasteiger partial charge in [-0.2, -0.15) is 0 Å². The van der Waals surface area contributed by atoms with Crippen molar-refractivity contribution in [2.24, 2.45) is 11.8 Å². The predicted octanol–water partition coefficient (Wildman–Crippen LogP) is 4.58. The van der Waals surface area contributed by atoms with Crippen LogP contribution in [0.5, 0.6) is 0 Å². The van der Waals surface area contributed by atoms with Crippen molar-refractivity contribution in [1.82, 2.24) is 10.3 Å². The van der Waals surface area contributed by atoms with E-state index in [1.54, 1.807) is 0 Å². The lowest BCUT2D eigenvalue weighted by molar-refractivity contribution is 0.269. The molecular formula is C17H30N2S. The van der Waals surface area contributed by atoms with Crippen LogP contribution in [0.4, 0.5) is 0 Å². The van der Waals surface area contributed by atoms with Gasteiger partial charge in [0.2, 0.25) is 0 Å². The fourth-order valence-electron chi connectivity index (χ4n) is 3.16. The average molecular weight is 295 g/mol. The first kappa shape index (κ1) is 16.0. The van der Waals surface area contributed by atoms with Crippen molar-refractivity contribution < 1.29 is 0 Å². The summed E-state index contributed by atoms with van der Waals surface area (Å²) >= 11 is 1.84. The van der Waals surface area contributed by atoms with E-state index >= 15 is 0 Å². The molecular weight excluding hydrogens is 264 g/mol. The molecule has 0 aliphatic heterocycles. The summed E-state index contributed by atoms with van der Waals surface area (Å²) in [4.78, 5) is 4.68. The number of hydrogen-bond donors (Lipinski definition) is 1. The molecule has 3 heteroatoms. The van der Waals surface area contributed by atoms with Crippen LogP contribution >= 0.6 is 11.3 Å². The highest BCUT2D eigenvalue weighted by molar-refractivity contribution is 7.09. The van der Waals surface area contributed by atoms with Gasteiger partial charge in [0.25, 0.3) is 0 Å². The maximum atomic E-state index is 4.68. The number of thiazole rings is 1. The second-order valence-corrected chi connectivity index (χ2v) is 8.32. The third kappa shape index (κ3) is 5.17. The number of nitrogens with zero attached hydrogens (tertiary/aromatic N) is 1. The van der Waals surface area contributed by atoms with Crippen LogP contribution in [0.25, 0.3) is 0 Å². The van der Waals surface area contributed by atoms with Gasteiger partial charge in [-0.1, -0.05) is 19.3 Å². The molecule has 20 heavy (non-hydrogen) atoms. The van der Waals surface area contributed by atoms with Crippen LogP contribution in [0.1, 0.15) is 63.6 Å². The largest absolute Gasteiger partial charge is 0.312 e. The van der Waals surface area contributed by atoms with Crippen LogP contribution in [0.2, 0.25) is 0 Å². The molecule has 2 unspecified atom stereocenters. The van der Waals surface area contributed by atoms with E-state index in [4.69, 9.17) is 0 Å². The number of aryl methyl sites for hydroxylation is 1. The molecule has 1 aromatic heterocycles. The Morgan fingerprint density at radius 1 is 1.20 bits per heavy atom. The standard InChI is InChI=1S/C17H30N2S/c1-13-12-20-16(19-13)10-14-8-6-5-7-9-15(14)11-18-17(2,3)4/h12,14-15,18H,5-11H2,1-4H3. The van der Waals surface area contributed by atoms with E-state index in [1.165, 1.54) is 55.8 Å². The van der Waals surface area contributed by atoms with Crippen molar-refractivity contribution in [2.75, 3.05) is 6.54 Å². The maximum Gasteiger partial charge on any atom is 0.0930 e. The van der Waals surface area contributed by atoms with Crippen LogP contribution in [0, 0.1) is 18.8 Å². The third-order valence-corrected chi connectivity index (χ3v) is 5.30. The number of hydrogen-bond acceptors (Lipinski definition) is 3. The Kier molecular flexibility index (Phi) is 5.62. The molecule has 0 radical (unpaired) electrons. The average Bonchev–Trinajstić information content (AvgIpc) is 2.63. The lowest BCUT2D eigenvalue weighted by Crippen LogP contribution is -2.40. The van der Waals surface area contributed by atoms with Gasteiger partial charge >= 0.3 is 0 Å². The summed E-state index contributed by atoms with van der Waals surface area (Å²) in [6.07, 6.45) is 8.19. The quantitative estimate of drug-likeness (QED) is 0.822. The lowest BCUT2D eigenvalue weighted by atomic mass is 9.85. The van der Waals surface area contributed by atoms with Crippen LogP contribution < -0.4 is 5.32 Å². The summed E-state index contributed by atoms with van der Waals surface area (Å²) < 4.78 is 0. The predicted molar refractivity (Wildman–Crippen MR) is 88.4 cm³/mol. The summed E-state index contributed by atoms with van der Waals surface area (Å²) in [6.45, 7) is 10.1. The van der Waals surface area contributed by atoms with Crippen molar-refractivity contribution in [1.29, 1.82) is 0 Å². The molecule has 0 aromatic carbocycles. The SMILES string of the molecule is Cc1csc(CC2CCCCCC2CNC(C)(C)C)n1. The highest BCUT2D eigenvalue weighted by Crippen LogP contribution is 2.32. The summed E-state index contributed by atoms with van der Waals surface area (Å²) in [7, 11) is 0. The first-order valence-corrected chi connectivity index (χ1v) is 8.98. The number of aromatic nitrogens is 1. The van der Waals surface area contributed by atoms with Crippen LogP contribution in [0.3, 0.4) is 0 Å². The molecule has 2 rings (SSSR count). The normalized spacial score (nSPS) is 24.6. The van der Waals surface area contributed by atoms with Gasteiger partial charge in [-0.05, 0) is 58.9 Å². The highest BCUT2D eigenvalue weighted by atomic mass is 32.1. The van der Waals surface area contributed by atoms with E-state index in [0.717, 1.165) is 11.8 Å². The first-order valence-electron chi connectivity index (χ1n) is 8.10. The summed E-state index contributed by atoms with van der Waals surface area (Å²) in [6, 6.07) is 0. The fraction of sp³-hybridized carbons (Fsp3) is 0.824. The molecule has 114 valence electrons. The Labute approximate surface area is 128 Å². The molecule has 1 N–H and O–H groups in total. The number of nitrogens with one attached hydrogen (secondary N) is 1. The molecule has 2 atom stereocenters. The van der Waals surface area contributed by atoms with Gasteiger partial charge in [0.15, 0.2) is 0 Å². The maximum absolute atomic E-state index is 4.68. The van der Waals surface area contributed by atoms with E-state index in [-0.39, 0.29) is 5.54 Å². The Balaban J connectivity index is 1.97. The van der Waals surface area contributed by atoms with Gasteiger partial charge in [-0.15, -0.1) is 11.3 Å². The minimum Gasteiger partial charge on any atom is -0.312 e. The topological polar surface area (TPSA) is 24.9 Å². The smallest absolute Gasteiger partial charge is 0.0930 e. The van der Waals surface area contributed by atoms with Gasteiger partial charge < -0.3 is 5.32 Å². The van der Waals surface area contributed by atoms with Gasteiger partial charge in [0.1, 0.15) is 0 Å². The van der Waals surface area contributed by atoms with Crippen molar-refractivity contribution in [3.8, 4) is 0 Å². The molecule has 1 fully saturated rings. The van der Waals surface area contributed by atoms with Crippen molar-refractivity contribution in [3.05, 3.63) is 16.1 Å². The molecule has 1 aromatic rings. The van der Waals surface area contributed by atoms with Gasteiger partial charge in [-0.3, -0.25) is 0 Å². The van der Waals surface area contributed by atoms with E-state index in [9.17, 15) is 0 Å². The summed E-state index contributed by atoms with van der Waals surface area (Å²) in [5, 5.41) is 7.25. The Hall–Kier alpha value is -0.410. The lowest BCUT2D eigenvalue weighted by Gasteiger charge is -2.29. The van der Waals surface area contributed by atoms with Crippen LogP contribution in [0.15, 0.2) is 5.38 Å². The third-order valence-electron chi connectivity index (χ3n) is 4.31. The zero-order valence-corrected chi connectivity index (χ0v) is 14.4. The van der Waals surface area contributed by atoms with E-state index in [2.05, 4.69) is 43.4 Å². The molecule has 1 aliphatic rings. The molecule has 1 saturated carbocycles. The minimum atomic E-state index is 0.231. The second-order valence-electron chi connectivity index (χ2n) is 7.38. The van der Waals surface area contributed by atoms with E-state index in [1.807, 2.05) is 11.3 Å². The van der Waals surface area contributed by atoms with Crippen molar-refractivity contribution in [2.45, 2.75) is 71.8 Å². The minimum absolute atomic E-state index is 0.231. The molecule has 0 bridgehead atoms. The van der Waals surface area contributed by atoms with E-state index in [0.29, 0.717) is 0 Å². The summed E-state index contributed by atoms with van der Waals surface area (Å²) in [5.41, 5.74) is 1.41. The molecule has 0 saturated heterocycles. The molecule has 2 nitrogen and oxygen atoms in total. The van der Waals surface area contributed by atoms with Crippen LogP contribution in [-0.4, -0.2) is 17.1 Å². The molecule has 0 amide bonds. The Morgan fingerprint density at radius 3 is 2.50 bits per heavy atom. The number of rotatable bonds is 4. The fourth-order valence-corrected chi connectivity index (χ4v) is 4.02. The van der Waals surface area contributed by atoms with Gasteiger partial charge in [0, 0.05) is 23.0 Å². The molecule has 0 spiro atoms. The Bertz CT molecular complexity index is 405. The zero-order valence-electron chi connectivity index (χ0n) is 13.5. The van der Waals surface area contributed by atoms with Gasteiger partial charge in [-0.25, -0.2) is 4.98 Å². The van der Waals surface area contributed by atoms with Crippen LogP contribution in [-0.2, 0) is 6.42 Å². The second kappa shape index (κ2) is 7.04. The van der Waals surface area contributed by atoms with Crippen molar-refractivity contribution in [3.63, 3.8) is 0 Å². The monoisotopic (exact) mass is 294 g/mol. The van der Waals surface area contributed by atoms with Gasteiger partial charge in [0.05, 0.1) is 5.01 Å². The molecule has 1 aliphatic carbocycles. The van der Waals surface area contributed by atoms with E-state index < -0.39 is 0 Å². The first-order chi connectivity index (χ1) is 9.44. The Morgan fingerprint density at radius 2 is 1.90 bits per heavy atom. The zero-order chi connectivity index (χ0) is 14.6.